The number of carbonyl (C=O) groups is 1. The second kappa shape index (κ2) is 5.39. The third-order valence-electron chi connectivity index (χ3n) is 3.12. The summed E-state index contributed by atoms with van der Waals surface area (Å²) >= 11 is 5.93. The number of amides is 1. The number of halogens is 1. The molecule has 0 aliphatic carbocycles. The Balaban J connectivity index is 1.75. The SMILES string of the molecule is O=C(NCc1ccccc1)c1cc2cc(Cl)ccc2[nH]1. The van der Waals surface area contributed by atoms with Crippen molar-refractivity contribution in [2.75, 3.05) is 0 Å². The molecule has 100 valence electrons. The van der Waals surface area contributed by atoms with E-state index in [-0.39, 0.29) is 5.91 Å². The zero-order valence-electron chi connectivity index (χ0n) is 10.7. The molecule has 0 radical (unpaired) electrons. The lowest BCUT2D eigenvalue weighted by molar-refractivity contribution is 0.0947. The zero-order chi connectivity index (χ0) is 13.9. The molecule has 0 saturated carbocycles. The van der Waals surface area contributed by atoms with Gasteiger partial charge in [-0.05, 0) is 29.8 Å². The van der Waals surface area contributed by atoms with E-state index in [2.05, 4.69) is 10.3 Å². The van der Waals surface area contributed by atoms with Crippen LogP contribution in [0.5, 0.6) is 0 Å². The van der Waals surface area contributed by atoms with E-state index < -0.39 is 0 Å². The molecule has 2 N–H and O–H groups in total. The number of fused-ring (bicyclic) bond motifs is 1. The van der Waals surface area contributed by atoms with Crippen LogP contribution in [0.25, 0.3) is 10.9 Å². The highest BCUT2D eigenvalue weighted by molar-refractivity contribution is 6.31. The average Bonchev–Trinajstić information content (AvgIpc) is 2.89. The summed E-state index contributed by atoms with van der Waals surface area (Å²) in [6.07, 6.45) is 0. The fourth-order valence-corrected chi connectivity index (χ4v) is 2.28. The molecular formula is C16H13ClN2O. The van der Waals surface area contributed by atoms with E-state index in [0.717, 1.165) is 16.5 Å². The summed E-state index contributed by atoms with van der Waals surface area (Å²) in [6, 6.07) is 17.1. The van der Waals surface area contributed by atoms with Gasteiger partial charge in [-0.3, -0.25) is 4.79 Å². The van der Waals surface area contributed by atoms with Crippen molar-refractivity contribution in [3.63, 3.8) is 0 Å². The highest BCUT2D eigenvalue weighted by Crippen LogP contribution is 2.20. The Morgan fingerprint density at radius 2 is 1.90 bits per heavy atom. The normalized spacial score (nSPS) is 10.7. The molecule has 0 unspecified atom stereocenters. The van der Waals surface area contributed by atoms with Crippen molar-refractivity contribution in [1.82, 2.24) is 10.3 Å². The monoisotopic (exact) mass is 284 g/mol. The first-order valence-electron chi connectivity index (χ1n) is 6.33. The number of nitrogens with one attached hydrogen (secondary N) is 2. The summed E-state index contributed by atoms with van der Waals surface area (Å²) in [4.78, 5) is 15.2. The Hall–Kier alpha value is -2.26. The quantitative estimate of drug-likeness (QED) is 0.756. The van der Waals surface area contributed by atoms with Crippen LogP contribution in [0.2, 0.25) is 5.02 Å². The van der Waals surface area contributed by atoms with Crippen molar-refractivity contribution in [3.05, 3.63) is 70.9 Å². The van der Waals surface area contributed by atoms with Gasteiger partial charge in [-0.1, -0.05) is 41.9 Å². The highest BCUT2D eigenvalue weighted by Gasteiger charge is 2.09. The van der Waals surface area contributed by atoms with E-state index >= 15 is 0 Å². The minimum Gasteiger partial charge on any atom is -0.351 e. The molecular weight excluding hydrogens is 272 g/mol. The van der Waals surface area contributed by atoms with E-state index in [4.69, 9.17) is 11.6 Å². The molecule has 0 bridgehead atoms. The predicted octanol–water partition coefficient (Wildman–Crippen LogP) is 3.75. The van der Waals surface area contributed by atoms with Crippen LogP contribution in [0, 0.1) is 0 Å². The summed E-state index contributed by atoms with van der Waals surface area (Å²) < 4.78 is 0. The van der Waals surface area contributed by atoms with Gasteiger partial charge in [0.15, 0.2) is 0 Å². The molecule has 0 atom stereocenters. The van der Waals surface area contributed by atoms with Gasteiger partial charge in [-0.15, -0.1) is 0 Å². The number of hydrogen-bond donors (Lipinski definition) is 2. The van der Waals surface area contributed by atoms with Gasteiger partial charge in [-0.2, -0.15) is 0 Å². The van der Waals surface area contributed by atoms with Gasteiger partial charge >= 0.3 is 0 Å². The van der Waals surface area contributed by atoms with Crippen LogP contribution >= 0.6 is 11.6 Å². The standard InChI is InChI=1S/C16H13ClN2O/c17-13-6-7-14-12(8-13)9-15(19-14)16(20)18-10-11-4-2-1-3-5-11/h1-9,19H,10H2,(H,18,20). The predicted molar refractivity (Wildman–Crippen MR) is 80.9 cm³/mol. The third-order valence-corrected chi connectivity index (χ3v) is 3.36. The second-order valence-electron chi connectivity index (χ2n) is 4.58. The summed E-state index contributed by atoms with van der Waals surface area (Å²) in [5.74, 6) is -0.124. The van der Waals surface area contributed by atoms with Gasteiger partial charge < -0.3 is 10.3 Å². The number of carbonyl (C=O) groups excluding carboxylic acids is 1. The largest absolute Gasteiger partial charge is 0.351 e. The maximum absolute atomic E-state index is 12.1. The Bertz CT molecular complexity index is 750. The third kappa shape index (κ3) is 2.68. The van der Waals surface area contributed by atoms with Crippen molar-refractivity contribution in [1.29, 1.82) is 0 Å². The Labute approximate surface area is 121 Å². The maximum Gasteiger partial charge on any atom is 0.267 e. The molecule has 1 aromatic heterocycles. The molecule has 3 nitrogen and oxygen atoms in total. The molecule has 0 saturated heterocycles. The number of aromatic nitrogens is 1. The lowest BCUT2D eigenvalue weighted by Gasteiger charge is -2.03. The van der Waals surface area contributed by atoms with Crippen molar-refractivity contribution in [3.8, 4) is 0 Å². The molecule has 3 rings (SSSR count). The van der Waals surface area contributed by atoms with Gasteiger partial charge in [0.2, 0.25) is 0 Å². The average molecular weight is 285 g/mol. The van der Waals surface area contributed by atoms with E-state index in [1.165, 1.54) is 0 Å². The Morgan fingerprint density at radius 1 is 1.10 bits per heavy atom. The molecule has 0 aliphatic rings. The summed E-state index contributed by atoms with van der Waals surface area (Å²) in [6.45, 7) is 0.510. The van der Waals surface area contributed by atoms with Crippen molar-refractivity contribution in [2.45, 2.75) is 6.54 Å². The summed E-state index contributed by atoms with van der Waals surface area (Å²) in [5, 5.41) is 4.48. The van der Waals surface area contributed by atoms with Gasteiger partial charge in [0, 0.05) is 22.5 Å². The van der Waals surface area contributed by atoms with Gasteiger partial charge in [0.1, 0.15) is 5.69 Å². The molecule has 3 aromatic rings. The van der Waals surface area contributed by atoms with E-state index in [1.807, 2.05) is 48.5 Å². The van der Waals surface area contributed by atoms with Crippen LogP contribution in [0.3, 0.4) is 0 Å². The van der Waals surface area contributed by atoms with Crippen LogP contribution in [0.15, 0.2) is 54.6 Å². The second-order valence-corrected chi connectivity index (χ2v) is 5.02. The van der Waals surface area contributed by atoms with Gasteiger partial charge in [-0.25, -0.2) is 0 Å². The molecule has 1 amide bonds. The minimum absolute atomic E-state index is 0.124. The Morgan fingerprint density at radius 3 is 2.70 bits per heavy atom. The van der Waals surface area contributed by atoms with Crippen molar-refractivity contribution >= 4 is 28.4 Å². The fraction of sp³-hybridized carbons (Fsp3) is 0.0625. The number of aromatic amines is 1. The number of hydrogen-bond acceptors (Lipinski definition) is 1. The minimum atomic E-state index is -0.124. The van der Waals surface area contributed by atoms with Crippen molar-refractivity contribution in [2.24, 2.45) is 0 Å². The number of rotatable bonds is 3. The molecule has 1 heterocycles. The van der Waals surface area contributed by atoms with Crippen LogP contribution in [0.1, 0.15) is 16.1 Å². The number of H-pyrrole nitrogens is 1. The topological polar surface area (TPSA) is 44.9 Å². The first-order valence-corrected chi connectivity index (χ1v) is 6.70. The van der Waals surface area contributed by atoms with E-state index in [9.17, 15) is 4.79 Å². The molecule has 4 heteroatoms. The fourth-order valence-electron chi connectivity index (χ4n) is 2.10. The molecule has 0 spiro atoms. The van der Waals surface area contributed by atoms with Gasteiger partial charge in [0.05, 0.1) is 0 Å². The van der Waals surface area contributed by atoms with Gasteiger partial charge in [0.25, 0.3) is 5.91 Å². The highest BCUT2D eigenvalue weighted by atomic mass is 35.5. The first-order chi connectivity index (χ1) is 9.72. The smallest absolute Gasteiger partial charge is 0.267 e. The Kier molecular flexibility index (Phi) is 3.44. The molecule has 2 aromatic carbocycles. The van der Waals surface area contributed by atoms with Crippen molar-refractivity contribution < 1.29 is 4.79 Å². The van der Waals surface area contributed by atoms with Crippen LogP contribution in [0.4, 0.5) is 0 Å². The van der Waals surface area contributed by atoms with Crippen LogP contribution in [-0.4, -0.2) is 10.9 Å². The summed E-state index contributed by atoms with van der Waals surface area (Å²) in [7, 11) is 0. The zero-order valence-corrected chi connectivity index (χ0v) is 11.4. The van der Waals surface area contributed by atoms with Crippen LogP contribution in [-0.2, 0) is 6.54 Å². The lowest BCUT2D eigenvalue weighted by atomic mass is 10.2. The van der Waals surface area contributed by atoms with Crippen LogP contribution < -0.4 is 5.32 Å². The lowest BCUT2D eigenvalue weighted by Crippen LogP contribution is -2.22. The number of benzene rings is 2. The molecule has 0 fully saturated rings. The summed E-state index contributed by atoms with van der Waals surface area (Å²) in [5.41, 5.74) is 2.51. The van der Waals surface area contributed by atoms with E-state index in [0.29, 0.717) is 17.3 Å². The van der Waals surface area contributed by atoms with E-state index in [1.54, 1.807) is 6.07 Å². The molecule has 20 heavy (non-hydrogen) atoms. The maximum atomic E-state index is 12.1. The molecule has 0 aliphatic heterocycles. The first kappa shape index (κ1) is 12.8.